The van der Waals surface area contributed by atoms with Crippen molar-refractivity contribution in [3.05, 3.63) is 58.4 Å². The number of benzene rings is 2. The van der Waals surface area contributed by atoms with Gasteiger partial charge in [-0.05, 0) is 36.4 Å². The van der Waals surface area contributed by atoms with Crippen LogP contribution in [0.5, 0.6) is 5.75 Å². The molecular weight excluding hydrogens is 334 g/mol. The number of nitrogens with zero attached hydrogens (tertiary/aromatic N) is 1. The molecule has 1 N–H and O–H groups in total. The van der Waals surface area contributed by atoms with Crippen molar-refractivity contribution in [3.63, 3.8) is 0 Å². The molecule has 0 aliphatic rings. The number of carboxylic acid groups (broad SMARTS) is 1. The molecule has 1 aromatic heterocycles. The summed E-state index contributed by atoms with van der Waals surface area (Å²) < 4.78 is 5.13. The zero-order chi connectivity index (χ0) is 16.4. The number of hydrogen-bond donors (Lipinski definition) is 1. The molecule has 4 nitrogen and oxygen atoms in total. The van der Waals surface area contributed by atoms with Crippen molar-refractivity contribution in [2.45, 2.75) is 0 Å². The van der Waals surface area contributed by atoms with Crippen LogP contribution >= 0.6 is 22.9 Å². The molecular formula is C17H12ClNO3S. The third-order valence-electron chi connectivity index (χ3n) is 3.28. The van der Waals surface area contributed by atoms with Gasteiger partial charge in [-0.15, -0.1) is 11.3 Å². The van der Waals surface area contributed by atoms with Crippen molar-refractivity contribution in [3.8, 4) is 27.6 Å². The van der Waals surface area contributed by atoms with Gasteiger partial charge in [0.05, 0.1) is 12.8 Å². The largest absolute Gasteiger partial charge is 0.497 e. The number of ether oxygens (including phenoxy) is 1. The summed E-state index contributed by atoms with van der Waals surface area (Å²) in [7, 11) is 1.60. The lowest BCUT2D eigenvalue weighted by Gasteiger charge is -2.00. The molecule has 0 radical (unpaired) electrons. The number of aromatic carboxylic acids is 1. The van der Waals surface area contributed by atoms with Gasteiger partial charge in [-0.3, -0.25) is 0 Å². The molecule has 6 heteroatoms. The Kier molecular flexibility index (Phi) is 4.32. The first-order chi connectivity index (χ1) is 11.1. The van der Waals surface area contributed by atoms with Gasteiger partial charge in [-0.2, -0.15) is 0 Å². The summed E-state index contributed by atoms with van der Waals surface area (Å²) >= 11 is 7.03. The topological polar surface area (TPSA) is 59.4 Å². The number of aromatic nitrogens is 1. The van der Waals surface area contributed by atoms with E-state index in [9.17, 15) is 9.90 Å². The highest BCUT2D eigenvalue weighted by Gasteiger charge is 2.19. The fraction of sp³-hybridized carbons (Fsp3) is 0.0588. The molecule has 0 aliphatic carbocycles. The van der Waals surface area contributed by atoms with E-state index >= 15 is 0 Å². The van der Waals surface area contributed by atoms with E-state index in [1.807, 2.05) is 24.3 Å². The van der Waals surface area contributed by atoms with Gasteiger partial charge in [-0.1, -0.05) is 23.7 Å². The summed E-state index contributed by atoms with van der Waals surface area (Å²) in [6.07, 6.45) is 0. The molecule has 0 bridgehead atoms. The van der Waals surface area contributed by atoms with Crippen molar-refractivity contribution in [1.29, 1.82) is 0 Å². The average molecular weight is 346 g/mol. The van der Waals surface area contributed by atoms with Crippen molar-refractivity contribution in [2.75, 3.05) is 7.11 Å². The lowest BCUT2D eigenvalue weighted by Crippen LogP contribution is -1.95. The minimum Gasteiger partial charge on any atom is -0.497 e. The van der Waals surface area contributed by atoms with E-state index in [1.165, 1.54) is 0 Å². The lowest BCUT2D eigenvalue weighted by molar-refractivity contribution is 0.0702. The lowest BCUT2D eigenvalue weighted by atomic mass is 10.1. The number of hydrogen-bond acceptors (Lipinski definition) is 4. The molecule has 0 fully saturated rings. The highest BCUT2D eigenvalue weighted by atomic mass is 35.5. The quantitative estimate of drug-likeness (QED) is 0.735. The highest BCUT2D eigenvalue weighted by Crippen LogP contribution is 2.34. The molecule has 0 amide bonds. The number of carbonyl (C=O) groups is 1. The number of thiazole rings is 1. The summed E-state index contributed by atoms with van der Waals surface area (Å²) in [5, 5.41) is 10.7. The first-order valence-electron chi connectivity index (χ1n) is 6.73. The van der Waals surface area contributed by atoms with Gasteiger partial charge in [0.15, 0.2) is 0 Å². The summed E-state index contributed by atoms with van der Waals surface area (Å²) in [6.45, 7) is 0. The number of halogens is 1. The summed E-state index contributed by atoms with van der Waals surface area (Å²) in [5.74, 6) is -0.256. The third kappa shape index (κ3) is 3.21. The Bertz CT molecular complexity index is 841. The van der Waals surface area contributed by atoms with Gasteiger partial charge in [0, 0.05) is 16.1 Å². The van der Waals surface area contributed by atoms with Crippen LogP contribution in [0.2, 0.25) is 5.02 Å². The molecule has 0 saturated heterocycles. The zero-order valence-electron chi connectivity index (χ0n) is 12.1. The first kappa shape index (κ1) is 15.5. The van der Waals surface area contributed by atoms with Crippen LogP contribution in [-0.4, -0.2) is 23.2 Å². The fourth-order valence-corrected chi connectivity index (χ4v) is 3.18. The van der Waals surface area contributed by atoms with Crippen LogP contribution < -0.4 is 4.74 Å². The second-order valence-electron chi connectivity index (χ2n) is 4.74. The van der Waals surface area contributed by atoms with Crippen molar-refractivity contribution in [1.82, 2.24) is 4.98 Å². The average Bonchev–Trinajstić information content (AvgIpc) is 3.01. The maximum absolute atomic E-state index is 11.5. The van der Waals surface area contributed by atoms with Gasteiger partial charge in [0.25, 0.3) is 0 Å². The second-order valence-corrected chi connectivity index (χ2v) is 6.17. The fourth-order valence-electron chi connectivity index (χ4n) is 2.13. The molecule has 0 spiro atoms. The Morgan fingerprint density at radius 2 is 1.70 bits per heavy atom. The van der Waals surface area contributed by atoms with E-state index in [1.54, 1.807) is 31.4 Å². The van der Waals surface area contributed by atoms with Gasteiger partial charge < -0.3 is 9.84 Å². The number of carboxylic acids is 1. The molecule has 3 aromatic rings. The van der Waals surface area contributed by atoms with Crippen LogP contribution in [0.4, 0.5) is 0 Å². The second kappa shape index (κ2) is 6.40. The zero-order valence-corrected chi connectivity index (χ0v) is 13.7. The molecule has 2 aromatic carbocycles. The first-order valence-corrected chi connectivity index (χ1v) is 7.92. The molecule has 0 unspecified atom stereocenters. The van der Waals surface area contributed by atoms with Crippen LogP contribution in [0, 0.1) is 0 Å². The van der Waals surface area contributed by atoms with E-state index < -0.39 is 5.97 Å². The monoisotopic (exact) mass is 345 g/mol. The molecule has 3 rings (SSSR count). The minimum atomic E-state index is -0.993. The molecule has 1 heterocycles. The standard InChI is InChI=1S/C17H12ClNO3S/c1-22-13-8-4-11(5-9-13)16-19-14(15(23-16)17(20)21)10-2-6-12(18)7-3-10/h2-9H,1H3,(H,20,21). The van der Waals surface area contributed by atoms with Crippen LogP contribution in [0.1, 0.15) is 9.67 Å². The van der Waals surface area contributed by atoms with Crippen molar-refractivity contribution < 1.29 is 14.6 Å². The van der Waals surface area contributed by atoms with E-state index in [2.05, 4.69) is 4.98 Å². The molecule has 0 aliphatic heterocycles. The SMILES string of the molecule is COc1ccc(-c2nc(-c3ccc(Cl)cc3)c(C(=O)O)s2)cc1. The predicted molar refractivity (Wildman–Crippen MR) is 91.5 cm³/mol. The maximum atomic E-state index is 11.5. The van der Waals surface area contributed by atoms with Crippen LogP contribution in [-0.2, 0) is 0 Å². The minimum absolute atomic E-state index is 0.207. The molecule has 23 heavy (non-hydrogen) atoms. The highest BCUT2D eigenvalue weighted by molar-refractivity contribution is 7.17. The Balaban J connectivity index is 2.07. The Hall–Kier alpha value is -2.37. The summed E-state index contributed by atoms with van der Waals surface area (Å²) in [4.78, 5) is 16.2. The summed E-state index contributed by atoms with van der Waals surface area (Å²) in [5.41, 5.74) is 2.02. The van der Waals surface area contributed by atoms with Crippen LogP contribution in [0.15, 0.2) is 48.5 Å². The van der Waals surface area contributed by atoms with Gasteiger partial charge >= 0.3 is 5.97 Å². The predicted octanol–water partition coefficient (Wildman–Crippen LogP) is 4.84. The van der Waals surface area contributed by atoms with Crippen LogP contribution in [0.25, 0.3) is 21.8 Å². The summed E-state index contributed by atoms with van der Waals surface area (Å²) in [6, 6.07) is 14.3. The van der Waals surface area contributed by atoms with Gasteiger partial charge in [-0.25, -0.2) is 9.78 Å². The van der Waals surface area contributed by atoms with E-state index in [0.717, 1.165) is 28.2 Å². The van der Waals surface area contributed by atoms with Crippen molar-refractivity contribution in [2.24, 2.45) is 0 Å². The van der Waals surface area contributed by atoms with Gasteiger partial charge in [0.2, 0.25) is 0 Å². The molecule has 0 saturated carbocycles. The maximum Gasteiger partial charge on any atom is 0.348 e. The molecule has 116 valence electrons. The number of methoxy groups -OCH3 is 1. The normalized spacial score (nSPS) is 10.5. The number of rotatable bonds is 4. The van der Waals surface area contributed by atoms with Gasteiger partial charge in [0.1, 0.15) is 15.6 Å². The van der Waals surface area contributed by atoms with E-state index in [4.69, 9.17) is 16.3 Å². The Morgan fingerprint density at radius 1 is 1.09 bits per heavy atom. The van der Waals surface area contributed by atoms with Crippen LogP contribution in [0.3, 0.4) is 0 Å². The van der Waals surface area contributed by atoms with E-state index in [0.29, 0.717) is 15.7 Å². The smallest absolute Gasteiger partial charge is 0.348 e. The Labute approximate surface area is 142 Å². The van der Waals surface area contributed by atoms with E-state index in [-0.39, 0.29) is 4.88 Å². The third-order valence-corrected chi connectivity index (χ3v) is 4.62. The molecule has 0 atom stereocenters. The Morgan fingerprint density at radius 3 is 2.26 bits per heavy atom. The van der Waals surface area contributed by atoms with Crippen molar-refractivity contribution >= 4 is 28.9 Å².